The van der Waals surface area contributed by atoms with Crippen molar-refractivity contribution in [1.29, 1.82) is 0 Å². The van der Waals surface area contributed by atoms with Crippen LogP contribution in [-0.2, 0) is 0 Å². The fraction of sp³-hybridized carbons (Fsp3) is 0.375. The molecule has 1 rings (SSSR count). The second-order valence-corrected chi connectivity index (χ2v) is 2.19. The molecule has 0 saturated carbocycles. The van der Waals surface area contributed by atoms with Crippen LogP contribution in [0.5, 0.6) is 11.6 Å². The van der Waals surface area contributed by atoms with Gasteiger partial charge in [-0.3, -0.25) is 0 Å². The molecule has 0 unspecified atom stereocenters. The van der Waals surface area contributed by atoms with Gasteiger partial charge in [0.25, 0.3) is 0 Å². The molecule has 0 atom stereocenters. The average molecular weight is 153 g/mol. The number of nitrogens with zero attached hydrogens (tertiary/aromatic N) is 1. The highest BCUT2D eigenvalue weighted by Gasteiger charge is 1.98. The summed E-state index contributed by atoms with van der Waals surface area (Å²) in [7, 11) is 3.20. The van der Waals surface area contributed by atoms with E-state index in [1.54, 1.807) is 20.3 Å². The number of aromatic nitrogens is 1. The Morgan fingerprint density at radius 2 is 1.91 bits per heavy atom. The largest absolute Gasteiger partial charge is 0.496 e. The van der Waals surface area contributed by atoms with Crippen LogP contribution in [0.25, 0.3) is 0 Å². The third-order valence-corrected chi connectivity index (χ3v) is 1.35. The molecule has 11 heavy (non-hydrogen) atoms. The molecule has 0 bridgehead atoms. The zero-order chi connectivity index (χ0) is 8.27. The first-order valence-electron chi connectivity index (χ1n) is 3.33. The van der Waals surface area contributed by atoms with Gasteiger partial charge in [-0.05, 0) is 6.92 Å². The summed E-state index contributed by atoms with van der Waals surface area (Å²) in [5.41, 5.74) is 0.890. The number of ether oxygens (including phenoxy) is 2. The molecule has 3 nitrogen and oxygen atoms in total. The molecule has 0 aliphatic carbocycles. The summed E-state index contributed by atoms with van der Waals surface area (Å²) in [4.78, 5) is 4.10. The Hall–Kier alpha value is -1.25. The van der Waals surface area contributed by atoms with E-state index in [1.807, 2.05) is 13.0 Å². The van der Waals surface area contributed by atoms with Crippen LogP contribution in [0.3, 0.4) is 0 Å². The lowest BCUT2D eigenvalue weighted by molar-refractivity contribution is 0.381. The predicted molar refractivity (Wildman–Crippen MR) is 42.1 cm³/mol. The normalized spacial score (nSPS) is 9.36. The molecule has 0 aromatic carbocycles. The molecule has 0 spiro atoms. The quantitative estimate of drug-likeness (QED) is 0.643. The Bertz CT molecular complexity index is 226. The second kappa shape index (κ2) is 3.23. The summed E-state index contributed by atoms with van der Waals surface area (Å²) in [5, 5.41) is 0. The Morgan fingerprint density at radius 1 is 1.18 bits per heavy atom. The fourth-order valence-corrected chi connectivity index (χ4v) is 0.830. The number of aryl methyl sites for hydroxylation is 1. The van der Waals surface area contributed by atoms with E-state index >= 15 is 0 Å². The van der Waals surface area contributed by atoms with E-state index in [4.69, 9.17) is 9.47 Å². The molecular weight excluding hydrogens is 142 g/mol. The van der Waals surface area contributed by atoms with Gasteiger partial charge in [-0.2, -0.15) is 0 Å². The molecule has 0 saturated heterocycles. The minimum atomic E-state index is 0.585. The van der Waals surface area contributed by atoms with Crippen LogP contribution in [0.4, 0.5) is 0 Å². The van der Waals surface area contributed by atoms with Crippen molar-refractivity contribution in [3.05, 3.63) is 17.8 Å². The van der Waals surface area contributed by atoms with Crippen LogP contribution in [0.2, 0.25) is 0 Å². The maximum absolute atomic E-state index is 5.02. The Labute approximate surface area is 66.0 Å². The molecule has 0 aliphatic rings. The van der Waals surface area contributed by atoms with Crippen LogP contribution in [-0.4, -0.2) is 19.2 Å². The third-order valence-electron chi connectivity index (χ3n) is 1.35. The summed E-state index contributed by atoms with van der Waals surface area (Å²) in [6.07, 6.45) is 0. The lowest BCUT2D eigenvalue weighted by atomic mass is 10.3. The molecule has 60 valence electrons. The molecular formula is C8H11NO2. The molecule has 1 aromatic heterocycles. The van der Waals surface area contributed by atoms with Crippen LogP contribution in [0, 0.1) is 6.92 Å². The highest BCUT2D eigenvalue weighted by Crippen LogP contribution is 2.17. The van der Waals surface area contributed by atoms with Crippen molar-refractivity contribution in [3.8, 4) is 11.6 Å². The predicted octanol–water partition coefficient (Wildman–Crippen LogP) is 1.41. The first-order chi connectivity index (χ1) is 5.26. The van der Waals surface area contributed by atoms with Crippen LogP contribution in [0.1, 0.15) is 5.69 Å². The van der Waals surface area contributed by atoms with Crippen molar-refractivity contribution < 1.29 is 9.47 Å². The van der Waals surface area contributed by atoms with Gasteiger partial charge in [-0.15, -0.1) is 0 Å². The summed E-state index contributed by atoms with van der Waals surface area (Å²) in [5.74, 6) is 1.36. The zero-order valence-corrected chi connectivity index (χ0v) is 6.92. The van der Waals surface area contributed by atoms with Crippen molar-refractivity contribution in [1.82, 2.24) is 4.98 Å². The number of hydrogen-bond donors (Lipinski definition) is 0. The summed E-state index contributed by atoms with van der Waals surface area (Å²) in [6.45, 7) is 1.89. The maximum atomic E-state index is 5.02. The van der Waals surface area contributed by atoms with Crippen molar-refractivity contribution in [2.24, 2.45) is 0 Å². The van der Waals surface area contributed by atoms with Gasteiger partial charge in [0.05, 0.1) is 14.2 Å². The molecule has 1 aromatic rings. The molecule has 3 heteroatoms. The van der Waals surface area contributed by atoms with E-state index < -0.39 is 0 Å². The Balaban J connectivity index is 3.02. The number of pyridine rings is 1. The van der Waals surface area contributed by atoms with Crippen LogP contribution in [0.15, 0.2) is 12.1 Å². The smallest absolute Gasteiger partial charge is 0.216 e. The van der Waals surface area contributed by atoms with Crippen molar-refractivity contribution in [2.45, 2.75) is 6.92 Å². The van der Waals surface area contributed by atoms with Crippen molar-refractivity contribution in [3.63, 3.8) is 0 Å². The molecule has 0 amide bonds. The highest BCUT2D eigenvalue weighted by atomic mass is 16.5. The molecule has 0 fully saturated rings. The van der Waals surface area contributed by atoms with E-state index in [1.165, 1.54) is 0 Å². The van der Waals surface area contributed by atoms with Crippen LogP contribution < -0.4 is 9.47 Å². The molecule has 0 radical (unpaired) electrons. The van der Waals surface area contributed by atoms with Gasteiger partial charge in [-0.1, -0.05) is 0 Å². The minimum Gasteiger partial charge on any atom is -0.496 e. The van der Waals surface area contributed by atoms with E-state index in [-0.39, 0.29) is 0 Å². The maximum Gasteiger partial charge on any atom is 0.216 e. The highest BCUT2D eigenvalue weighted by molar-refractivity contribution is 5.29. The van der Waals surface area contributed by atoms with Crippen molar-refractivity contribution in [2.75, 3.05) is 14.2 Å². The summed E-state index contributed by atoms with van der Waals surface area (Å²) < 4.78 is 9.96. The first kappa shape index (κ1) is 7.85. The van der Waals surface area contributed by atoms with E-state index in [2.05, 4.69) is 4.98 Å². The fourth-order valence-electron chi connectivity index (χ4n) is 0.830. The van der Waals surface area contributed by atoms with Gasteiger partial charge in [0.1, 0.15) is 5.75 Å². The van der Waals surface area contributed by atoms with E-state index in [0.29, 0.717) is 5.88 Å². The number of rotatable bonds is 2. The standard InChI is InChI=1S/C8H11NO2/c1-6-4-7(10-2)5-8(9-6)11-3/h4-5H,1-3H3. The van der Waals surface area contributed by atoms with Gasteiger partial charge in [-0.25, -0.2) is 4.98 Å². The monoisotopic (exact) mass is 153 g/mol. The van der Waals surface area contributed by atoms with Crippen LogP contribution >= 0.6 is 0 Å². The van der Waals surface area contributed by atoms with Gasteiger partial charge < -0.3 is 9.47 Å². The van der Waals surface area contributed by atoms with Gasteiger partial charge in [0.2, 0.25) is 5.88 Å². The van der Waals surface area contributed by atoms with Crippen molar-refractivity contribution >= 4 is 0 Å². The van der Waals surface area contributed by atoms with E-state index in [0.717, 1.165) is 11.4 Å². The molecule has 0 N–H and O–H groups in total. The van der Waals surface area contributed by atoms with Gasteiger partial charge >= 0.3 is 0 Å². The number of hydrogen-bond acceptors (Lipinski definition) is 3. The van der Waals surface area contributed by atoms with Gasteiger partial charge in [0.15, 0.2) is 0 Å². The third kappa shape index (κ3) is 1.83. The summed E-state index contributed by atoms with van der Waals surface area (Å²) >= 11 is 0. The Kier molecular flexibility index (Phi) is 2.31. The Morgan fingerprint density at radius 3 is 2.45 bits per heavy atom. The molecule has 0 aliphatic heterocycles. The second-order valence-electron chi connectivity index (χ2n) is 2.19. The SMILES string of the molecule is COc1cc(C)nc(OC)c1. The van der Waals surface area contributed by atoms with Gasteiger partial charge in [0, 0.05) is 17.8 Å². The first-order valence-corrected chi connectivity index (χ1v) is 3.33. The minimum absolute atomic E-state index is 0.585. The summed E-state index contributed by atoms with van der Waals surface area (Å²) in [6, 6.07) is 3.59. The number of methoxy groups -OCH3 is 2. The zero-order valence-electron chi connectivity index (χ0n) is 6.92. The lowest BCUT2D eigenvalue weighted by Gasteiger charge is -2.03. The lowest BCUT2D eigenvalue weighted by Crippen LogP contribution is -1.91. The average Bonchev–Trinajstić information content (AvgIpc) is 2.03. The topological polar surface area (TPSA) is 31.4 Å². The van der Waals surface area contributed by atoms with E-state index in [9.17, 15) is 0 Å². The molecule has 1 heterocycles.